The second-order valence-electron chi connectivity index (χ2n) is 6.70. The van der Waals surface area contributed by atoms with Gasteiger partial charge in [-0.1, -0.05) is 44.2 Å². The summed E-state index contributed by atoms with van der Waals surface area (Å²) in [4.78, 5) is 6.55. The third-order valence-corrected chi connectivity index (χ3v) is 7.21. The fourth-order valence-electron chi connectivity index (χ4n) is 2.76. The second kappa shape index (κ2) is 10.2. The van der Waals surface area contributed by atoms with Crippen molar-refractivity contribution < 1.29 is 8.42 Å². The zero-order chi connectivity index (χ0) is 19.0. The molecule has 0 radical (unpaired) electrons. The summed E-state index contributed by atoms with van der Waals surface area (Å²) in [6, 6.07) is 9.52. The van der Waals surface area contributed by atoms with E-state index in [1.54, 1.807) is 7.05 Å². The van der Waals surface area contributed by atoms with E-state index in [9.17, 15) is 8.42 Å². The van der Waals surface area contributed by atoms with Crippen LogP contribution >= 0.6 is 11.8 Å². The molecule has 0 saturated carbocycles. The lowest BCUT2D eigenvalue weighted by atomic mass is 10.1. The molecule has 0 bridgehead atoms. The van der Waals surface area contributed by atoms with Crippen LogP contribution in [-0.4, -0.2) is 62.7 Å². The van der Waals surface area contributed by atoms with E-state index in [1.807, 2.05) is 42.1 Å². The Morgan fingerprint density at radius 2 is 2.08 bits per heavy atom. The number of rotatable bonds is 7. The average Bonchev–Trinajstić information content (AvgIpc) is 2.64. The summed E-state index contributed by atoms with van der Waals surface area (Å²) in [6.07, 6.45) is 0. The molecule has 0 amide bonds. The van der Waals surface area contributed by atoms with Crippen molar-refractivity contribution in [2.45, 2.75) is 25.6 Å². The van der Waals surface area contributed by atoms with Crippen LogP contribution in [0.15, 0.2) is 35.3 Å². The maximum absolute atomic E-state index is 12.2. The summed E-state index contributed by atoms with van der Waals surface area (Å²) in [5, 5.41) is 3.78. The Bertz CT molecular complexity index is 678. The molecule has 2 N–H and O–H groups in total. The van der Waals surface area contributed by atoms with E-state index in [1.165, 1.54) is 0 Å². The lowest BCUT2D eigenvalue weighted by molar-refractivity contribution is 0.382. The number of thioether (sulfide) groups is 1. The van der Waals surface area contributed by atoms with Gasteiger partial charge in [-0.25, -0.2) is 13.1 Å². The van der Waals surface area contributed by atoms with E-state index in [4.69, 9.17) is 0 Å². The molecule has 1 aromatic carbocycles. The molecule has 1 saturated heterocycles. The normalized spacial score (nSPS) is 19.0. The minimum absolute atomic E-state index is 0.0229. The lowest BCUT2D eigenvalue weighted by Gasteiger charge is -2.36. The van der Waals surface area contributed by atoms with Gasteiger partial charge >= 0.3 is 0 Å². The third-order valence-electron chi connectivity index (χ3n) is 4.34. The highest BCUT2D eigenvalue weighted by Crippen LogP contribution is 2.24. The molecule has 0 aliphatic carbocycles. The molecule has 0 aromatic heterocycles. The Labute approximate surface area is 161 Å². The zero-order valence-corrected chi connectivity index (χ0v) is 17.4. The van der Waals surface area contributed by atoms with E-state index in [-0.39, 0.29) is 5.75 Å². The minimum atomic E-state index is -3.33. The van der Waals surface area contributed by atoms with Gasteiger partial charge in [0.25, 0.3) is 0 Å². The third kappa shape index (κ3) is 6.81. The molecule has 1 aromatic rings. The Morgan fingerprint density at radius 1 is 1.35 bits per heavy atom. The van der Waals surface area contributed by atoms with Crippen LogP contribution in [0, 0.1) is 5.92 Å². The fraction of sp³-hybridized carbons (Fsp3) is 0.611. The quantitative estimate of drug-likeness (QED) is 0.541. The van der Waals surface area contributed by atoms with Gasteiger partial charge in [-0.2, -0.15) is 11.8 Å². The smallest absolute Gasteiger partial charge is 0.213 e. The summed E-state index contributed by atoms with van der Waals surface area (Å²) >= 11 is 2.01. The van der Waals surface area contributed by atoms with Gasteiger partial charge in [-0.15, -0.1) is 0 Å². The Morgan fingerprint density at radius 3 is 2.73 bits per heavy atom. The van der Waals surface area contributed by atoms with Crippen molar-refractivity contribution in [3.63, 3.8) is 0 Å². The number of nitrogens with one attached hydrogen (secondary N) is 2. The summed E-state index contributed by atoms with van der Waals surface area (Å²) in [7, 11) is -1.58. The molecule has 1 unspecified atom stereocenters. The number of hydrogen-bond acceptors (Lipinski definition) is 4. The number of aliphatic imine (C=N–C) groups is 1. The molecule has 1 aliphatic heterocycles. The average molecular weight is 399 g/mol. The van der Waals surface area contributed by atoms with Crippen molar-refractivity contribution in [3.05, 3.63) is 35.9 Å². The molecule has 146 valence electrons. The Hall–Kier alpha value is -1.25. The molecular weight excluding hydrogens is 368 g/mol. The molecule has 1 atom stereocenters. The van der Waals surface area contributed by atoms with Crippen molar-refractivity contribution in [1.29, 1.82) is 0 Å². The molecule has 8 heteroatoms. The molecule has 1 heterocycles. The van der Waals surface area contributed by atoms with Crippen molar-refractivity contribution in [2.24, 2.45) is 10.9 Å². The molecular formula is C18H30N4O2S2. The van der Waals surface area contributed by atoms with E-state index >= 15 is 0 Å². The van der Waals surface area contributed by atoms with Crippen molar-refractivity contribution >= 4 is 27.7 Å². The van der Waals surface area contributed by atoms with Gasteiger partial charge in [0.2, 0.25) is 10.0 Å². The Kier molecular flexibility index (Phi) is 8.24. The first-order chi connectivity index (χ1) is 12.4. The maximum atomic E-state index is 12.2. The van der Waals surface area contributed by atoms with E-state index < -0.39 is 10.0 Å². The molecule has 1 aliphatic rings. The van der Waals surface area contributed by atoms with Crippen LogP contribution in [-0.2, 0) is 16.6 Å². The SMILES string of the molecule is CN=C(NCCS(=O)(=O)NCc1ccccc1)N1CCSC(C(C)C)C1. The van der Waals surface area contributed by atoms with Gasteiger partial charge in [0.15, 0.2) is 5.96 Å². The first-order valence-corrected chi connectivity index (χ1v) is 11.7. The van der Waals surface area contributed by atoms with E-state index in [0.717, 1.165) is 30.4 Å². The standard InChI is InChI=1S/C18H30N4O2S2/c1-15(2)17-14-22(10-11-25-17)18(19-3)20-9-12-26(23,24)21-13-16-7-5-4-6-8-16/h4-8,15,17,21H,9-14H2,1-3H3,(H,19,20). The monoisotopic (exact) mass is 398 g/mol. The number of nitrogens with zero attached hydrogens (tertiary/aromatic N) is 2. The van der Waals surface area contributed by atoms with Crippen LogP contribution in [0.1, 0.15) is 19.4 Å². The largest absolute Gasteiger partial charge is 0.355 e. The zero-order valence-electron chi connectivity index (χ0n) is 15.8. The maximum Gasteiger partial charge on any atom is 0.213 e. The van der Waals surface area contributed by atoms with Crippen LogP contribution in [0.4, 0.5) is 0 Å². The number of hydrogen-bond donors (Lipinski definition) is 2. The van der Waals surface area contributed by atoms with Gasteiger partial charge in [0, 0.05) is 44.2 Å². The predicted octanol–water partition coefficient (Wildman–Crippen LogP) is 1.75. The van der Waals surface area contributed by atoms with E-state index in [0.29, 0.717) is 24.3 Å². The first kappa shape index (κ1) is 21.1. The van der Waals surface area contributed by atoms with Crippen LogP contribution < -0.4 is 10.0 Å². The summed E-state index contributed by atoms with van der Waals surface area (Å²) in [5.74, 6) is 2.49. The number of sulfonamides is 1. The Balaban J connectivity index is 1.79. The number of benzene rings is 1. The van der Waals surface area contributed by atoms with Gasteiger partial charge in [0.05, 0.1) is 5.75 Å². The van der Waals surface area contributed by atoms with Crippen LogP contribution in [0.3, 0.4) is 0 Å². The molecule has 1 fully saturated rings. The highest BCUT2D eigenvalue weighted by Gasteiger charge is 2.25. The molecule has 6 nitrogen and oxygen atoms in total. The summed E-state index contributed by atoms with van der Waals surface area (Å²) < 4.78 is 27.0. The lowest BCUT2D eigenvalue weighted by Crippen LogP contribution is -2.50. The van der Waals surface area contributed by atoms with Gasteiger partial charge in [0.1, 0.15) is 0 Å². The second-order valence-corrected chi connectivity index (χ2v) is 9.97. The van der Waals surface area contributed by atoms with E-state index in [2.05, 4.69) is 33.8 Å². The van der Waals surface area contributed by atoms with Crippen LogP contribution in [0.2, 0.25) is 0 Å². The van der Waals surface area contributed by atoms with Gasteiger partial charge in [-0.05, 0) is 11.5 Å². The van der Waals surface area contributed by atoms with Crippen molar-refractivity contribution in [3.8, 4) is 0 Å². The van der Waals surface area contributed by atoms with Gasteiger partial charge < -0.3 is 10.2 Å². The summed E-state index contributed by atoms with van der Waals surface area (Å²) in [6.45, 7) is 7.02. The van der Waals surface area contributed by atoms with Crippen LogP contribution in [0.5, 0.6) is 0 Å². The topological polar surface area (TPSA) is 73.8 Å². The fourth-order valence-corrected chi connectivity index (χ4v) is 4.96. The molecule has 26 heavy (non-hydrogen) atoms. The summed E-state index contributed by atoms with van der Waals surface area (Å²) in [5.41, 5.74) is 0.949. The highest BCUT2D eigenvalue weighted by molar-refractivity contribution is 8.00. The van der Waals surface area contributed by atoms with Crippen LogP contribution in [0.25, 0.3) is 0 Å². The first-order valence-electron chi connectivity index (χ1n) is 9.00. The van der Waals surface area contributed by atoms with Gasteiger partial charge in [-0.3, -0.25) is 4.99 Å². The predicted molar refractivity (Wildman–Crippen MR) is 111 cm³/mol. The molecule has 0 spiro atoms. The van der Waals surface area contributed by atoms with Crippen molar-refractivity contribution in [1.82, 2.24) is 14.9 Å². The molecule has 2 rings (SSSR count). The minimum Gasteiger partial charge on any atom is -0.355 e. The number of guanidine groups is 1. The highest BCUT2D eigenvalue weighted by atomic mass is 32.2. The van der Waals surface area contributed by atoms with Crippen molar-refractivity contribution in [2.75, 3.05) is 38.2 Å².